The molecule has 1 aliphatic carbocycles. The summed E-state index contributed by atoms with van der Waals surface area (Å²) in [7, 11) is 0. The monoisotopic (exact) mass is 420 g/mol. The van der Waals surface area contributed by atoms with Crippen LogP contribution >= 0.6 is 0 Å². The van der Waals surface area contributed by atoms with Crippen LogP contribution in [0.15, 0.2) is 30.9 Å². The van der Waals surface area contributed by atoms with Crippen LogP contribution in [0.5, 0.6) is 5.75 Å². The van der Waals surface area contributed by atoms with Crippen LogP contribution < -0.4 is 9.64 Å². The molecule has 4 heterocycles. The fourth-order valence-electron chi connectivity index (χ4n) is 5.41. The van der Waals surface area contributed by atoms with E-state index < -0.39 is 0 Å². The van der Waals surface area contributed by atoms with Crippen LogP contribution in [0.4, 0.5) is 5.82 Å². The van der Waals surface area contributed by atoms with Gasteiger partial charge in [0.2, 0.25) is 0 Å². The van der Waals surface area contributed by atoms with Gasteiger partial charge in [0.25, 0.3) is 0 Å². The lowest BCUT2D eigenvalue weighted by molar-refractivity contribution is -0.0278. The van der Waals surface area contributed by atoms with Gasteiger partial charge in [0.05, 0.1) is 18.5 Å². The number of nitrogens with one attached hydrogen (secondary N) is 1. The molecule has 3 aliphatic rings. The lowest BCUT2D eigenvalue weighted by Crippen LogP contribution is -2.56. The van der Waals surface area contributed by atoms with E-state index in [4.69, 9.17) is 4.74 Å². The molecule has 8 nitrogen and oxygen atoms in total. The lowest BCUT2D eigenvalue weighted by atomic mass is 9.85. The number of likely N-dealkylation sites (tertiary alicyclic amines) is 1. The molecule has 0 bridgehead atoms. The van der Waals surface area contributed by atoms with Crippen LogP contribution in [0, 0.1) is 0 Å². The van der Waals surface area contributed by atoms with Gasteiger partial charge in [-0.3, -0.25) is 4.90 Å². The van der Waals surface area contributed by atoms with Crippen LogP contribution in [0.3, 0.4) is 0 Å². The van der Waals surface area contributed by atoms with Crippen LogP contribution in [-0.4, -0.2) is 74.4 Å². The minimum atomic E-state index is -0.149. The van der Waals surface area contributed by atoms with E-state index in [1.54, 1.807) is 12.7 Å². The number of hydrogen-bond acceptors (Lipinski definition) is 7. The molecule has 3 aromatic rings. The van der Waals surface area contributed by atoms with Gasteiger partial charge in [-0.2, -0.15) is 0 Å². The van der Waals surface area contributed by atoms with Crippen molar-refractivity contribution in [2.24, 2.45) is 0 Å². The summed E-state index contributed by atoms with van der Waals surface area (Å²) in [5, 5.41) is 9.69. The minimum absolute atomic E-state index is 0.149. The van der Waals surface area contributed by atoms with E-state index in [0.717, 1.165) is 68.8 Å². The maximum absolute atomic E-state index is 9.69. The zero-order valence-corrected chi connectivity index (χ0v) is 17.6. The van der Waals surface area contributed by atoms with Gasteiger partial charge in [0, 0.05) is 25.7 Å². The largest absolute Gasteiger partial charge is 0.491 e. The van der Waals surface area contributed by atoms with Crippen LogP contribution in [0.25, 0.3) is 11.2 Å². The van der Waals surface area contributed by atoms with Gasteiger partial charge < -0.3 is 19.7 Å². The molecule has 0 saturated carbocycles. The number of aromatic nitrogens is 4. The zero-order chi connectivity index (χ0) is 20.8. The second-order valence-corrected chi connectivity index (χ2v) is 9.00. The van der Waals surface area contributed by atoms with Crippen molar-refractivity contribution in [2.45, 2.75) is 50.3 Å². The van der Waals surface area contributed by atoms with E-state index in [9.17, 15) is 5.11 Å². The van der Waals surface area contributed by atoms with E-state index in [0.29, 0.717) is 18.3 Å². The van der Waals surface area contributed by atoms with Crippen LogP contribution in [0.2, 0.25) is 0 Å². The Labute approximate surface area is 181 Å². The number of β-amino-alcohol motifs (C(OH)–C–C–N with tert-alkyl or cyclic N) is 1. The highest BCUT2D eigenvalue weighted by Gasteiger charge is 2.34. The van der Waals surface area contributed by atoms with E-state index in [-0.39, 0.29) is 12.1 Å². The molecule has 8 heteroatoms. The second kappa shape index (κ2) is 7.76. The van der Waals surface area contributed by atoms with Gasteiger partial charge in [0.1, 0.15) is 24.2 Å². The summed E-state index contributed by atoms with van der Waals surface area (Å²) < 4.78 is 6.46. The number of aliphatic hydroxyl groups is 1. The molecule has 2 aromatic heterocycles. The summed E-state index contributed by atoms with van der Waals surface area (Å²) in [4.78, 5) is 21.0. The number of benzene rings is 1. The van der Waals surface area contributed by atoms with Crippen molar-refractivity contribution in [3.8, 4) is 5.75 Å². The molecule has 2 unspecified atom stereocenters. The molecular weight excluding hydrogens is 392 g/mol. The Balaban J connectivity index is 1.19. The molecule has 0 amide bonds. The third-order valence-electron chi connectivity index (χ3n) is 7.11. The molecule has 2 fully saturated rings. The summed E-state index contributed by atoms with van der Waals surface area (Å²) in [5.41, 5.74) is 4.36. The fraction of sp³-hybridized carbons (Fsp3) is 0.522. The van der Waals surface area contributed by atoms with Crippen molar-refractivity contribution in [3.05, 3.63) is 42.0 Å². The summed E-state index contributed by atoms with van der Waals surface area (Å²) in [6.07, 6.45) is 8.58. The number of rotatable bonds is 5. The molecule has 1 aromatic carbocycles. The highest BCUT2D eigenvalue weighted by Crippen LogP contribution is 2.34. The van der Waals surface area contributed by atoms with Crippen molar-refractivity contribution < 1.29 is 9.84 Å². The molecular formula is C23H28N6O2. The summed E-state index contributed by atoms with van der Waals surface area (Å²) in [5.74, 6) is 1.93. The van der Waals surface area contributed by atoms with Gasteiger partial charge in [-0.1, -0.05) is 12.1 Å². The molecule has 2 atom stereocenters. The lowest BCUT2D eigenvalue weighted by Gasteiger charge is -2.44. The topological polar surface area (TPSA) is 90.4 Å². The second-order valence-electron chi connectivity index (χ2n) is 9.00. The zero-order valence-electron chi connectivity index (χ0n) is 17.6. The average Bonchev–Trinajstić information content (AvgIpc) is 3.44. The molecule has 2 aliphatic heterocycles. The fourth-order valence-corrected chi connectivity index (χ4v) is 5.41. The Morgan fingerprint density at radius 2 is 2.10 bits per heavy atom. The molecule has 0 radical (unpaired) electrons. The van der Waals surface area contributed by atoms with Crippen molar-refractivity contribution in [2.75, 3.05) is 31.1 Å². The number of anilines is 1. The van der Waals surface area contributed by atoms with Gasteiger partial charge in [0.15, 0.2) is 11.5 Å². The van der Waals surface area contributed by atoms with E-state index in [1.165, 1.54) is 11.1 Å². The maximum atomic E-state index is 9.69. The normalized spacial score (nSPS) is 24.4. The summed E-state index contributed by atoms with van der Waals surface area (Å²) in [6, 6.07) is 7.26. The highest BCUT2D eigenvalue weighted by atomic mass is 16.5. The van der Waals surface area contributed by atoms with Gasteiger partial charge >= 0.3 is 0 Å². The van der Waals surface area contributed by atoms with Crippen molar-refractivity contribution in [1.29, 1.82) is 0 Å². The van der Waals surface area contributed by atoms with E-state index >= 15 is 0 Å². The summed E-state index contributed by atoms with van der Waals surface area (Å²) >= 11 is 0. The Morgan fingerprint density at radius 3 is 3.00 bits per heavy atom. The first-order valence-electron chi connectivity index (χ1n) is 11.3. The highest BCUT2D eigenvalue weighted by molar-refractivity contribution is 5.83. The number of aliphatic hydroxyl groups excluding tert-OH is 1. The number of fused-ring (bicyclic) bond motifs is 2. The van der Waals surface area contributed by atoms with E-state index in [1.807, 2.05) is 0 Å². The Morgan fingerprint density at radius 1 is 1.16 bits per heavy atom. The Kier molecular flexibility index (Phi) is 4.76. The Hall–Kier alpha value is -2.71. The molecule has 2 N–H and O–H groups in total. The standard InChI is InChI=1S/C23H28N6O2/c30-18-10-28(11-18)16-7-6-15-3-1-5-20(19(15)9-16)31-12-17-4-2-8-29(17)23-21-22(25-13-24-21)26-14-27-23/h1,3,5,13-14,16-18,30H,2,4,6-12H2,(H,24,25,26,27). The molecule has 162 valence electrons. The van der Waals surface area contributed by atoms with Crippen LogP contribution in [0.1, 0.15) is 30.4 Å². The van der Waals surface area contributed by atoms with E-state index in [2.05, 4.69) is 47.9 Å². The minimum Gasteiger partial charge on any atom is -0.491 e. The molecule has 2 saturated heterocycles. The molecule has 6 rings (SSSR count). The van der Waals surface area contributed by atoms with Gasteiger partial charge in [-0.05, 0) is 49.3 Å². The smallest absolute Gasteiger partial charge is 0.182 e. The van der Waals surface area contributed by atoms with Crippen molar-refractivity contribution >= 4 is 17.0 Å². The first-order chi connectivity index (χ1) is 15.3. The first kappa shape index (κ1) is 19.0. The van der Waals surface area contributed by atoms with Crippen molar-refractivity contribution in [3.63, 3.8) is 0 Å². The molecule has 31 heavy (non-hydrogen) atoms. The first-order valence-corrected chi connectivity index (χ1v) is 11.3. The number of aryl methyl sites for hydroxylation is 1. The predicted molar refractivity (Wildman–Crippen MR) is 117 cm³/mol. The van der Waals surface area contributed by atoms with Gasteiger partial charge in [-0.15, -0.1) is 0 Å². The Bertz CT molecular complexity index is 1080. The van der Waals surface area contributed by atoms with Crippen LogP contribution in [-0.2, 0) is 12.8 Å². The number of nitrogens with zero attached hydrogens (tertiary/aromatic N) is 5. The number of H-pyrrole nitrogens is 1. The predicted octanol–water partition coefficient (Wildman–Crippen LogP) is 1.93. The third kappa shape index (κ3) is 3.43. The summed E-state index contributed by atoms with van der Waals surface area (Å²) in [6.45, 7) is 3.22. The number of ether oxygens (including phenoxy) is 1. The quantitative estimate of drug-likeness (QED) is 0.652. The van der Waals surface area contributed by atoms with Crippen molar-refractivity contribution in [1.82, 2.24) is 24.8 Å². The molecule has 0 spiro atoms. The number of hydrogen-bond donors (Lipinski definition) is 2. The van der Waals surface area contributed by atoms with Gasteiger partial charge in [-0.25, -0.2) is 15.0 Å². The third-order valence-corrected chi connectivity index (χ3v) is 7.11. The number of aromatic amines is 1. The number of imidazole rings is 1. The average molecular weight is 421 g/mol. The SMILES string of the molecule is OC1CN(C2CCc3cccc(OCC4CCCN4c4ncnc5nc[nH]c45)c3C2)C1. The maximum Gasteiger partial charge on any atom is 0.182 e.